The van der Waals surface area contributed by atoms with Crippen molar-refractivity contribution in [3.05, 3.63) is 58.8 Å². The second-order valence-electron chi connectivity index (χ2n) is 8.11. The average molecular weight is 470 g/mol. The summed E-state index contributed by atoms with van der Waals surface area (Å²) in [5, 5.41) is 9.69. The van der Waals surface area contributed by atoms with Gasteiger partial charge in [-0.2, -0.15) is 0 Å². The van der Waals surface area contributed by atoms with Gasteiger partial charge in [0.05, 0.1) is 0 Å². The first-order valence-electron chi connectivity index (χ1n) is 10.1. The van der Waals surface area contributed by atoms with Crippen molar-refractivity contribution in [3.8, 4) is 11.4 Å². The number of halogens is 1. The molecule has 2 aromatic heterocycles. The van der Waals surface area contributed by atoms with Crippen LogP contribution >= 0.6 is 27.7 Å². The van der Waals surface area contributed by atoms with E-state index >= 15 is 0 Å². The fraction of sp³-hybridized carbons (Fsp3) is 0.409. The van der Waals surface area contributed by atoms with Crippen molar-refractivity contribution >= 4 is 27.7 Å². The van der Waals surface area contributed by atoms with Crippen LogP contribution in [0.3, 0.4) is 0 Å². The van der Waals surface area contributed by atoms with Crippen molar-refractivity contribution in [1.82, 2.24) is 24.6 Å². The lowest BCUT2D eigenvalue weighted by Gasteiger charge is -2.21. The van der Waals surface area contributed by atoms with Gasteiger partial charge in [0.2, 0.25) is 0 Å². The van der Waals surface area contributed by atoms with Crippen LogP contribution in [0, 0.1) is 5.92 Å². The molecule has 150 valence electrons. The third-order valence-corrected chi connectivity index (χ3v) is 7.88. The summed E-state index contributed by atoms with van der Waals surface area (Å²) in [5.74, 6) is 2.78. The molecule has 3 aromatic rings. The minimum absolute atomic E-state index is 0.427. The normalized spacial score (nSPS) is 23.3. The van der Waals surface area contributed by atoms with E-state index in [0.717, 1.165) is 39.2 Å². The summed E-state index contributed by atoms with van der Waals surface area (Å²) in [6.45, 7) is 3.62. The van der Waals surface area contributed by atoms with E-state index in [-0.39, 0.29) is 0 Å². The Hall–Kier alpha value is -1.70. The van der Waals surface area contributed by atoms with E-state index < -0.39 is 0 Å². The van der Waals surface area contributed by atoms with Crippen molar-refractivity contribution in [1.29, 1.82) is 0 Å². The molecule has 5 nitrogen and oxygen atoms in total. The lowest BCUT2D eigenvalue weighted by molar-refractivity contribution is 0.299. The largest absolute Gasteiger partial charge is 0.305 e. The highest BCUT2D eigenvalue weighted by Gasteiger charge is 2.60. The lowest BCUT2D eigenvalue weighted by atomic mass is 9.95. The van der Waals surface area contributed by atoms with Crippen LogP contribution in [0.1, 0.15) is 18.4 Å². The number of fused-ring (bicyclic) bond motifs is 1. The van der Waals surface area contributed by atoms with Gasteiger partial charge in [0, 0.05) is 53.7 Å². The van der Waals surface area contributed by atoms with Crippen LogP contribution in [0.4, 0.5) is 0 Å². The lowest BCUT2D eigenvalue weighted by Crippen LogP contribution is -2.27. The van der Waals surface area contributed by atoms with Gasteiger partial charge in [-0.15, -0.1) is 10.2 Å². The topological polar surface area (TPSA) is 46.8 Å². The van der Waals surface area contributed by atoms with E-state index in [4.69, 9.17) is 0 Å². The van der Waals surface area contributed by atoms with Crippen molar-refractivity contribution in [2.75, 3.05) is 25.4 Å². The number of benzene rings is 1. The highest BCUT2D eigenvalue weighted by Crippen LogP contribution is 2.59. The molecule has 0 amide bonds. The van der Waals surface area contributed by atoms with Crippen LogP contribution in [0.2, 0.25) is 0 Å². The van der Waals surface area contributed by atoms with Gasteiger partial charge in [-0.1, -0.05) is 39.8 Å². The van der Waals surface area contributed by atoms with Gasteiger partial charge in [-0.05, 0) is 55.1 Å². The first-order valence-corrected chi connectivity index (χ1v) is 11.8. The van der Waals surface area contributed by atoms with Crippen LogP contribution in [-0.4, -0.2) is 50.0 Å². The van der Waals surface area contributed by atoms with E-state index in [9.17, 15) is 0 Å². The molecule has 1 aliphatic carbocycles. The molecular weight excluding hydrogens is 446 g/mol. The number of piperidine rings is 1. The maximum Gasteiger partial charge on any atom is 0.191 e. The van der Waals surface area contributed by atoms with Crippen LogP contribution in [0.25, 0.3) is 11.4 Å². The number of nitrogens with zero attached hydrogens (tertiary/aromatic N) is 5. The summed E-state index contributed by atoms with van der Waals surface area (Å²) in [4.78, 5) is 6.82. The van der Waals surface area contributed by atoms with Crippen molar-refractivity contribution < 1.29 is 0 Å². The van der Waals surface area contributed by atoms with Gasteiger partial charge in [0.1, 0.15) is 0 Å². The Morgan fingerprint density at radius 1 is 1.21 bits per heavy atom. The molecule has 1 saturated heterocycles. The molecule has 1 aromatic carbocycles. The minimum atomic E-state index is 0.427. The monoisotopic (exact) mass is 469 g/mol. The zero-order chi connectivity index (χ0) is 19.8. The number of pyridine rings is 1. The van der Waals surface area contributed by atoms with Crippen molar-refractivity contribution in [2.24, 2.45) is 13.0 Å². The summed E-state index contributed by atoms with van der Waals surface area (Å²) in [6, 6.07) is 12.9. The molecular formula is C22H24BrN5S. The maximum atomic E-state index is 4.37. The Bertz CT molecular complexity index is 990. The molecule has 0 bridgehead atoms. The van der Waals surface area contributed by atoms with Gasteiger partial charge in [-0.25, -0.2) is 0 Å². The molecule has 3 heterocycles. The standard InChI is InChI=1S/C22H24BrN5S/c1-27-20(16-4-2-9-24-13-16)25-26-21(27)29-11-3-10-28-14-18-12-22(18,15-28)17-5-7-19(23)8-6-17/h2,4-9,13,18H,3,10-12,14-15H2,1H3/t18-,22-/m1/s1. The predicted molar refractivity (Wildman–Crippen MR) is 120 cm³/mol. The zero-order valence-corrected chi connectivity index (χ0v) is 18.9. The Morgan fingerprint density at radius 2 is 2.07 bits per heavy atom. The molecule has 2 atom stereocenters. The molecule has 7 heteroatoms. The fourth-order valence-electron chi connectivity index (χ4n) is 4.62. The Labute approximate surface area is 184 Å². The van der Waals surface area contributed by atoms with Crippen LogP contribution in [0.15, 0.2) is 58.4 Å². The van der Waals surface area contributed by atoms with Gasteiger partial charge < -0.3 is 9.47 Å². The highest BCUT2D eigenvalue weighted by molar-refractivity contribution is 9.10. The minimum Gasteiger partial charge on any atom is -0.305 e. The van der Waals surface area contributed by atoms with Gasteiger partial charge in [0.15, 0.2) is 11.0 Å². The van der Waals surface area contributed by atoms with E-state index in [1.807, 2.05) is 25.4 Å². The Kier molecular flexibility index (Phi) is 5.22. The number of aromatic nitrogens is 4. The summed E-state index contributed by atoms with van der Waals surface area (Å²) < 4.78 is 3.23. The van der Waals surface area contributed by atoms with Gasteiger partial charge >= 0.3 is 0 Å². The fourth-order valence-corrected chi connectivity index (χ4v) is 5.72. The molecule has 1 aliphatic heterocycles. The van der Waals surface area contributed by atoms with E-state index in [0.29, 0.717) is 5.41 Å². The Balaban J connectivity index is 1.12. The van der Waals surface area contributed by atoms with Crippen LogP contribution in [-0.2, 0) is 12.5 Å². The number of hydrogen-bond acceptors (Lipinski definition) is 5. The summed E-state index contributed by atoms with van der Waals surface area (Å²) in [6.07, 6.45) is 6.13. The smallest absolute Gasteiger partial charge is 0.191 e. The van der Waals surface area contributed by atoms with Crippen LogP contribution in [0.5, 0.6) is 0 Å². The number of thioether (sulfide) groups is 1. The highest BCUT2D eigenvalue weighted by atomic mass is 79.9. The van der Waals surface area contributed by atoms with E-state index in [2.05, 4.69) is 64.8 Å². The average Bonchev–Trinajstić information content (AvgIpc) is 3.11. The van der Waals surface area contributed by atoms with Gasteiger partial charge in [-0.3, -0.25) is 4.98 Å². The molecule has 0 spiro atoms. The molecule has 29 heavy (non-hydrogen) atoms. The molecule has 2 aliphatic rings. The first kappa shape index (κ1) is 19.3. The Morgan fingerprint density at radius 3 is 2.86 bits per heavy atom. The summed E-state index contributed by atoms with van der Waals surface area (Å²) in [5.41, 5.74) is 2.95. The quantitative estimate of drug-likeness (QED) is 0.379. The molecule has 0 N–H and O–H groups in total. The number of rotatable bonds is 7. The summed E-state index contributed by atoms with van der Waals surface area (Å²) in [7, 11) is 2.03. The van der Waals surface area contributed by atoms with Crippen LogP contribution < -0.4 is 0 Å². The maximum absolute atomic E-state index is 4.37. The third kappa shape index (κ3) is 3.76. The molecule has 0 radical (unpaired) electrons. The van der Waals surface area contributed by atoms with Gasteiger partial charge in [0.25, 0.3) is 0 Å². The van der Waals surface area contributed by atoms with E-state index in [1.54, 1.807) is 18.0 Å². The number of hydrogen-bond donors (Lipinski definition) is 0. The predicted octanol–water partition coefficient (Wildman–Crippen LogP) is 4.40. The van der Waals surface area contributed by atoms with Crippen molar-refractivity contribution in [3.63, 3.8) is 0 Å². The molecule has 0 unspecified atom stereocenters. The third-order valence-electron chi connectivity index (χ3n) is 6.24. The SMILES string of the molecule is Cn1c(SCCCN2C[C@H]3C[C@]3(c3ccc(Br)cc3)C2)nnc1-c1cccnc1. The number of likely N-dealkylation sites (tertiary alicyclic amines) is 1. The molecule has 5 rings (SSSR count). The van der Waals surface area contributed by atoms with Crippen molar-refractivity contribution in [2.45, 2.75) is 23.4 Å². The summed E-state index contributed by atoms with van der Waals surface area (Å²) >= 11 is 5.34. The van der Waals surface area contributed by atoms with E-state index in [1.165, 1.54) is 31.5 Å². The molecule has 1 saturated carbocycles. The zero-order valence-electron chi connectivity index (χ0n) is 16.5. The second-order valence-corrected chi connectivity index (χ2v) is 10.1. The molecule has 2 fully saturated rings. The second kappa shape index (κ2) is 7.85. The first-order chi connectivity index (χ1) is 14.2.